The van der Waals surface area contributed by atoms with Gasteiger partial charge in [0.25, 0.3) is 0 Å². The zero-order valence-corrected chi connectivity index (χ0v) is 23.9. The molecule has 43 heavy (non-hydrogen) atoms. The lowest BCUT2D eigenvalue weighted by Crippen LogP contribution is -2.34. The fourth-order valence-electron chi connectivity index (χ4n) is 4.46. The summed E-state index contributed by atoms with van der Waals surface area (Å²) in [5.41, 5.74) is 27.0. The minimum absolute atomic E-state index is 0.136. The number of nitrogens with one attached hydrogen (secondary N) is 2. The molecular formula is C30H39N11O2. The fourth-order valence-corrected chi connectivity index (χ4v) is 4.46. The van der Waals surface area contributed by atoms with Crippen molar-refractivity contribution in [3.63, 3.8) is 0 Å². The molecule has 13 heteroatoms. The Morgan fingerprint density at radius 1 is 0.581 bits per heavy atom. The third kappa shape index (κ3) is 7.93. The van der Waals surface area contributed by atoms with E-state index in [1.54, 1.807) is 18.2 Å². The molecule has 0 bridgehead atoms. The molecule has 0 aliphatic heterocycles. The zero-order valence-electron chi connectivity index (χ0n) is 23.9. The zero-order chi connectivity index (χ0) is 30.6. The maximum absolute atomic E-state index is 11.4. The molecule has 0 saturated carbocycles. The summed E-state index contributed by atoms with van der Waals surface area (Å²) in [6, 6.07) is 19.7. The number of aromatic hydroxyl groups is 2. The van der Waals surface area contributed by atoms with E-state index in [-0.39, 0.29) is 22.9 Å². The van der Waals surface area contributed by atoms with Crippen LogP contribution in [0.15, 0.2) is 87.2 Å². The Labute approximate surface area is 250 Å². The van der Waals surface area contributed by atoms with Crippen molar-refractivity contribution in [2.24, 2.45) is 43.4 Å². The van der Waals surface area contributed by atoms with Crippen LogP contribution in [0.4, 0.5) is 39.8 Å². The largest absolute Gasteiger partial charge is 0.505 e. The van der Waals surface area contributed by atoms with Gasteiger partial charge in [-0.2, -0.15) is 10.2 Å². The van der Waals surface area contributed by atoms with Crippen molar-refractivity contribution in [1.82, 2.24) is 0 Å². The van der Waals surface area contributed by atoms with Gasteiger partial charge >= 0.3 is 0 Å². The first-order valence-corrected chi connectivity index (χ1v) is 14.1. The Bertz CT molecular complexity index is 1540. The number of azo groups is 2. The highest BCUT2D eigenvalue weighted by atomic mass is 16.3. The molecule has 0 amide bonds. The molecule has 0 radical (unpaired) electrons. The van der Waals surface area contributed by atoms with Gasteiger partial charge in [-0.1, -0.05) is 0 Å². The molecule has 4 aromatic rings. The minimum atomic E-state index is -0.143. The summed E-state index contributed by atoms with van der Waals surface area (Å²) in [4.78, 5) is 1.94. The van der Waals surface area contributed by atoms with Crippen LogP contribution in [0.1, 0.15) is 0 Å². The lowest BCUT2D eigenvalue weighted by atomic mass is 10.0. The van der Waals surface area contributed by atoms with Gasteiger partial charge in [-0.3, -0.25) is 0 Å². The van der Waals surface area contributed by atoms with Crippen LogP contribution in [-0.4, -0.2) is 62.6 Å². The normalized spacial score (nSPS) is 11.5. The van der Waals surface area contributed by atoms with Gasteiger partial charge in [0.05, 0.1) is 22.4 Å². The van der Waals surface area contributed by atoms with Crippen LogP contribution < -0.4 is 38.5 Å². The first-order valence-electron chi connectivity index (χ1n) is 14.1. The predicted octanol–water partition coefficient (Wildman–Crippen LogP) is 4.55. The summed E-state index contributed by atoms with van der Waals surface area (Å²) in [7, 11) is 0. The number of benzene rings is 4. The lowest BCUT2D eigenvalue weighted by molar-refractivity contribution is 0.476. The molecule has 0 aliphatic carbocycles. The van der Waals surface area contributed by atoms with E-state index in [0.29, 0.717) is 80.2 Å². The van der Waals surface area contributed by atoms with Crippen LogP contribution in [0.2, 0.25) is 0 Å². The molecule has 4 aromatic carbocycles. The predicted molar refractivity (Wildman–Crippen MR) is 174 cm³/mol. The van der Waals surface area contributed by atoms with Gasteiger partial charge in [-0.05, 0) is 66.7 Å². The minimum Gasteiger partial charge on any atom is -0.505 e. The Morgan fingerprint density at radius 2 is 1.09 bits per heavy atom. The third-order valence-electron chi connectivity index (χ3n) is 6.55. The van der Waals surface area contributed by atoms with Gasteiger partial charge in [0.15, 0.2) is 11.5 Å². The van der Waals surface area contributed by atoms with E-state index in [2.05, 4.69) is 31.1 Å². The standard InChI is InChI=1S/C30H39N11O2/c31-11-15-35-20-1-5-22(6-2-20)37-39-25-10-9-24-28(30(25)43)27(41(17-13-33)18-14-34)19-26(29(24)42)40-38-23-7-3-21(4-8-23)36-16-12-32/h1-10,19,35-36,42-43H,11-18,31-34H2. The average Bonchev–Trinajstić information content (AvgIpc) is 3.03. The van der Waals surface area contributed by atoms with Crippen molar-refractivity contribution in [1.29, 1.82) is 0 Å². The molecule has 12 N–H and O–H groups in total. The SMILES string of the molecule is NCCNc1ccc(N=Nc2cc(N(CCN)CCN)c3c(O)c(N=Nc4ccc(NCCN)cc4)ccc3c2O)cc1. The van der Waals surface area contributed by atoms with Crippen LogP contribution in [0, 0.1) is 0 Å². The average molecular weight is 586 g/mol. The van der Waals surface area contributed by atoms with Crippen LogP contribution >= 0.6 is 0 Å². The summed E-state index contributed by atoms with van der Waals surface area (Å²) < 4.78 is 0. The molecule has 0 aromatic heterocycles. The summed E-state index contributed by atoms with van der Waals surface area (Å²) >= 11 is 0. The lowest BCUT2D eigenvalue weighted by Gasteiger charge is -2.26. The number of hydrogen-bond acceptors (Lipinski definition) is 13. The fraction of sp³-hybridized carbons (Fsp3) is 0.267. The maximum Gasteiger partial charge on any atom is 0.153 e. The van der Waals surface area contributed by atoms with Crippen molar-refractivity contribution in [2.75, 3.05) is 67.9 Å². The van der Waals surface area contributed by atoms with E-state index >= 15 is 0 Å². The second-order valence-electron chi connectivity index (χ2n) is 9.61. The number of phenolic OH excluding ortho intramolecular Hbond substituents is 2. The van der Waals surface area contributed by atoms with E-state index in [1.165, 1.54) is 0 Å². The van der Waals surface area contributed by atoms with Crippen molar-refractivity contribution in [3.05, 3.63) is 66.7 Å². The van der Waals surface area contributed by atoms with E-state index in [1.807, 2.05) is 53.4 Å². The monoisotopic (exact) mass is 585 g/mol. The van der Waals surface area contributed by atoms with Crippen LogP contribution in [0.5, 0.6) is 11.5 Å². The third-order valence-corrected chi connectivity index (χ3v) is 6.55. The van der Waals surface area contributed by atoms with Crippen LogP contribution in [0.3, 0.4) is 0 Å². The van der Waals surface area contributed by atoms with Gasteiger partial charge in [0.1, 0.15) is 11.4 Å². The molecule has 13 nitrogen and oxygen atoms in total. The van der Waals surface area contributed by atoms with Gasteiger partial charge in [0, 0.05) is 69.1 Å². The summed E-state index contributed by atoms with van der Waals surface area (Å²) in [5.74, 6) is -0.278. The van der Waals surface area contributed by atoms with Gasteiger partial charge in [0.2, 0.25) is 0 Å². The van der Waals surface area contributed by atoms with Crippen molar-refractivity contribution in [2.45, 2.75) is 0 Å². The van der Waals surface area contributed by atoms with Crippen molar-refractivity contribution < 1.29 is 10.2 Å². The Morgan fingerprint density at radius 3 is 1.58 bits per heavy atom. The first kappa shape index (κ1) is 31.1. The number of fused-ring (bicyclic) bond motifs is 1. The number of anilines is 3. The van der Waals surface area contributed by atoms with Gasteiger partial charge in [-0.25, -0.2) is 0 Å². The number of nitrogens with two attached hydrogens (primary N) is 4. The smallest absolute Gasteiger partial charge is 0.153 e. The highest BCUT2D eigenvalue weighted by Gasteiger charge is 2.21. The number of nitrogens with zero attached hydrogens (tertiary/aromatic N) is 5. The van der Waals surface area contributed by atoms with Gasteiger partial charge in [-0.15, -0.1) is 10.2 Å². The molecule has 0 aliphatic rings. The first-order chi connectivity index (χ1) is 21.0. The molecule has 226 valence electrons. The Balaban J connectivity index is 1.72. The topological polar surface area (TPSA) is 221 Å². The van der Waals surface area contributed by atoms with Crippen LogP contribution in [0.25, 0.3) is 10.8 Å². The second-order valence-corrected chi connectivity index (χ2v) is 9.61. The van der Waals surface area contributed by atoms with E-state index in [4.69, 9.17) is 22.9 Å². The highest BCUT2D eigenvalue weighted by Crippen LogP contribution is 2.48. The molecule has 0 saturated heterocycles. The maximum atomic E-state index is 11.4. The summed E-state index contributed by atoms with van der Waals surface area (Å²) in [6.07, 6.45) is 0. The molecule has 0 atom stereocenters. The second kappa shape index (κ2) is 15.4. The molecular weight excluding hydrogens is 546 g/mol. The quantitative estimate of drug-likeness (QED) is 0.0915. The molecule has 0 unspecified atom stereocenters. The molecule has 4 rings (SSSR count). The Kier molecular flexibility index (Phi) is 11.2. The molecule has 0 heterocycles. The van der Waals surface area contributed by atoms with E-state index in [0.717, 1.165) is 11.4 Å². The number of rotatable bonds is 15. The number of phenols is 2. The summed E-state index contributed by atoms with van der Waals surface area (Å²) in [6.45, 7) is 3.99. The van der Waals surface area contributed by atoms with Crippen LogP contribution in [-0.2, 0) is 0 Å². The molecule has 0 fully saturated rings. The number of hydrogen-bond donors (Lipinski definition) is 8. The van der Waals surface area contributed by atoms with Gasteiger partial charge < -0.3 is 48.7 Å². The Hall–Kier alpha value is -4.82. The van der Waals surface area contributed by atoms with Crippen molar-refractivity contribution in [3.8, 4) is 11.5 Å². The van der Waals surface area contributed by atoms with E-state index in [9.17, 15) is 10.2 Å². The summed E-state index contributed by atoms with van der Waals surface area (Å²) in [5, 5.41) is 47.0. The van der Waals surface area contributed by atoms with Crippen molar-refractivity contribution >= 4 is 50.6 Å². The molecule has 0 spiro atoms. The van der Waals surface area contributed by atoms with E-state index < -0.39 is 0 Å². The highest BCUT2D eigenvalue weighted by molar-refractivity contribution is 6.07.